The summed E-state index contributed by atoms with van der Waals surface area (Å²) in [5.41, 5.74) is 9.10. The summed E-state index contributed by atoms with van der Waals surface area (Å²) in [4.78, 5) is 33.6. The largest absolute Gasteiger partial charge is 0.465 e. The highest BCUT2D eigenvalue weighted by Crippen LogP contribution is 2.35. The number of likely N-dealkylation sites (N-methyl/N-ethyl adjacent to an activating group) is 1. The summed E-state index contributed by atoms with van der Waals surface area (Å²) in [5.74, 6) is -0.192. The lowest BCUT2D eigenvalue weighted by Crippen LogP contribution is -2.46. The maximum atomic E-state index is 12.8. The number of nitrogen functional groups attached to an aromatic ring is 1. The number of anilines is 1. The van der Waals surface area contributed by atoms with Gasteiger partial charge in [0.15, 0.2) is 0 Å². The molecule has 0 unspecified atom stereocenters. The summed E-state index contributed by atoms with van der Waals surface area (Å²) in [5, 5.41) is 12.9. The van der Waals surface area contributed by atoms with E-state index in [9.17, 15) is 9.59 Å². The zero-order valence-electron chi connectivity index (χ0n) is 15.9. The molecule has 4 heterocycles. The molecule has 4 rings (SSSR count). The average molecular weight is 404 g/mol. The number of carbonyl (C=O) groups excluding carboxylic acids is 1. The number of nitrogens with one attached hydrogen (secondary N) is 1. The van der Waals surface area contributed by atoms with Crippen molar-refractivity contribution < 1.29 is 14.7 Å². The number of nitrogens with two attached hydrogens (primary N) is 1. The zero-order chi connectivity index (χ0) is 19.8. The molecule has 0 atom stereocenters. The minimum Gasteiger partial charge on any atom is -0.465 e. The molecule has 1 fully saturated rings. The fourth-order valence-corrected chi connectivity index (χ4v) is 4.96. The number of carbonyl (C=O) groups is 2. The third-order valence-corrected chi connectivity index (χ3v) is 6.82. The molecule has 2 aliphatic heterocycles. The van der Waals surface area contributed by atoms with Crippen LogP contribution in [0, 0.1) is 0 Å². The first kappa shape index (κ1) is 18.9. The van der Waals surface area contributed by atoms with Gasteiger partial charge in [-0.05, 0) is 31.0 Å². The lowest BCUT2D eigenvalue weighted by atomic mass is 10.0. The first-order valence-electron chi connectivity index (χ1n) is 9.68. The number of thiophene rings is 1. The van der Waals surface area contributed by atoms with Crippen molar-refractivity contribution in [3.05, 3.63) is 22.2 Å². The number of amides is 2. The van der Waals surface area contributed by atoms with Crippen LogP contribution in [0.4, 0.5) is 10.5 Å². The number of aromatic nitrogens is 1. The molecule has 4 N–H and O–H groups in total. The molecular formula is C19H25N5O3S. The van der Waals surface area contributed by atoms with Crippen LogP contribution in [0.15, 0.2) is 6.07 Å². The Labute approximate surface area is 167 Å². The van der Waals surface area contributed by atoms with Gasteiger partial charge in [0.2, 0.25) is 0 Å². The first-order chi connectivity index (χ1) is 13.5. The molecule has 0 radical (unpaired) electrons. The van der Waals surface area contributed by atoms with E-state index in [0.717, 1.165) is 42.0 Å². The molecule has 2 aromatic heterocycles. The molecule has 1 saturated heterocycles. The number of likely N-dealkylation sites (tertiary alicyclic amines) is 1. The summed E-state index contributed by atoms with van der Waals surface area (Å²) in [6, 6.07) is 2.06. The minimum absolute atomic E-state index is 0.0352. The fourth-order valence-electron chi connectivity index (χ4n) is 3.96. The van der Waals surface area contributed by atoms with Gasteiger partial charge in [-0.15, -0.1) is 11.3 Å². The van der Waals surface area contributed by atoms with Crippen molar-refractivity contribution >= 4 is 39.2 Å². The molecule has 0 spiro atoms. The van der Waals surface area contributed by atoms with Gasteiger partial charge in [0.1, 0.15) is 9.71 Å². The van der Waals surface area contributed by atoms with Crippen LogP contribution in [0.25, 0.3) is 10.2 Å². The van der Waals surface area contributed by atoms with Gasteiger partial charge in [-0.1, -0.05) is 6.92 Å². The Morgan fingerprint density at radius 1 is 1.36 bits per heavy atom. The zero-order valence-corrected chi connectivity index (χ0v) is 16.7. The lowest BCUT2D eigenvalue weighted by Gasteiger charge is -2.30. The highest BCUT2D eigenvalue weighted by atomic mass is 32.1. The molecule has 0 bridgehead atoms. The molecule has 9 heteroatoms. The Morgan fingerprint density at radius 3 is 2.79 bits per heavy atom. The van der Waals surface area contributed by atoms with Crippen LogP contribution in [-0.4, -0.2) is 64.1 Å². The summed E-state index contributed by atoms with van der Waals surface area (Å²) >= 11 is 1.34. The number of hydrogen-bond acceptors (Lipinski definition) is 6. The molecule has 2 amide bonds. The summed E-state index contributed by atoms with van der Waals surface area (Å²) < 4.78 is 0. The van der Waals surface area contributed by atoms with Crippen LogP contribution in [-0.2, 0) is 13.0 Å². The fraction of sp³-hybridized carbons (Fsp3) is 0.526. The molecule has 150 valence electrons. The smallest absolute Gasteiger partial charge is 0.407 e. The van der Waals surface area contributed by atoms with Crippen molar-refractivity contribution in [2.24, 2.45) is 0 Å². The Bertz CT molecular complexity index is 920. The van der Waals surface area contributed by atoms with Crippen molar-refractivity contribution in [2.75, 3.05) is 31.9 Å². The molecule has 8 nitrogen and oxygen atoms in total. The minimum atomic E-state index is -0.907. The third kappa shape index (κ3) is 3.51. The van der Waals surface area contributed by atoms with E-state index in [-0.39, 0.29) is 11.9 Å². The molecule has 2 aromatic rings. The van der Waals surface area contributed by atoms with Gasteiger partial charge >= 0.3 is 6.09 Å². The van der Waals surface area contributed by atoms with Crippen LogP contribution < -0.4 is 11.1 Å². The second-order valence-electron chi connectivity index (χ2n) is 7.43. The van der Waals surface area contributed by atoms with Gasteiger partial charge in [0.05, 0.1) is 5.69 Å². The van der Waals surface area contributed by atoms with E-state index in [2.05, 4.69) is 23.2 Å². The van der Waals surface area contributed by atoms with Gasteiger partial charge < -0.3 is 21.1 Å². The van der Waals surface area contributed by atoms with E-state index in [1.54, 1.807) is 0 Å². The Kier molecular flexibility index (Phi) is 5.11. The van der Waals surface area contributed by atoms with Gasteiger partial charge in [0, 0.05) is 49.7 Å². The number of nitrogens with zero attached hydrogens (tertiary/aromatic N) is 3. The highest BCUT2D eigenvalue weighted by molar-refractivity contribution is 7.21. The normalized spacial score (nSPS) is 18.2. The highest BCUT2D eigenvalue weighted by Gasteiger charge is 2.26. The summed E-state index contributed by atoms with van der Waals surface area (Å²) in [6.45, 7) is 5.90. The van der Waals surface area contributed by atoms with Crippen molar-refractivity contribution in [1.82, 2.24) is 20.1 Å². The standard InChI is InChI=1S/C19H25N5O3S/c1-2-23-6-5-14-11(10-23)9-13-15(20)16(28-18(13)22-14)17(25)21-12-3-7-24(8-4-12)19(26)27/h9,12H,2-8,10,20H2,1H3,(H,21,25)(H,26,27). The number of fused-ring (bicyclic) bond motifs is 2. The number of rotatable bonds is 3. The van der Waals surface area contributed by atoms with Gasteiger partial charge in [-0.3, -0.25) is 9.69 Å². The van der Waals surface area contributed by atoms with Crippen molar-refractivity contribution in [2.45, 2.75) is 38.8 Å². The Morgan fingerprint density at radius 2 is 2.11 bits per heavy atom. The lowest BCUT2D eigenvalue weighted by molar-refractivity contribution is 0.0912. The van der Waals surface area contributed by atoms with Crippen LogP contribution >= 0.6 is 11.3 Å². The van der Waals surface area contributed by atoms with Crippen LogP contribution in [0.3, 0.4) is 0 Å². The average Bonchev–Trinajstić information content (AvgIpc) is 3.02. The van der Waals surface area contributed by atoms with E-state index in [4.69, 9.17) is 15.8 Å². The van der Waals surface area contributed by atoms with Crippen molar-refractivity contribution in [3.8, 4) is 0 Å². The van der Waals surface area contributed by atoms with Crippen molar-refractivity contribution in [1.29, 1.82) is 0 Å². The molecular weight excluding hydrogens is 378 g/mol. The summed E-state index contributed by atoms with van der Waals surface area (Å²) in [7, 11) is 0. The van der Waals surface area contributed by atoms with Gasteiger partial charge in [-0.25, -0.2) is 9.78 Å². The summed E-state index contributed by atoms with van der Waals surface area (Å²) in [6.07, 6.45) is 1.24. The SMILES string of the molecule is CCN1CCc2nc3sc(C(=O)NC4CCN(C(=O)O)CC4)c(N)c3cc2C1. The number of hydrogen-bond donors (Lipinski definition) is 3. The topological polar surface area (TPSA) is 112 Å². The van der Waals surface area contributed by atoms with E-state index >= 15 is 0 Å². The van der Waals surface area contributed by atoms with Gasteiger partial charge in [0.25, 0.3) is 5.91 Å². The molecule has 2 aliphatic rings. The monoisotopic (exact) mass is 403 g/mol. The second kappa shape index (κ2) is 7.56. The predicted molar refractivity (Wildman–Crippen MR) is 109 cm³/mol. The molecule has 0 saturated carbocycles. The first-order valence-corrected chi connectivity index (χ1v) is 10.5. The van der Waals surface area contributed by atoms with E-state index < -0.39 is 6.09 Å². The number of carboxylic acid groups (broad SMARTS) is 1. The molecule has 0 aromatic carbocycles. The van der Waals surface area contributed by atoms with E-state index in [1.165, 1.54) is 21.8 Å². The van der Waals surface area contributed by atoms with Crippen LogP contribution in [0.1, 0.15) is 40.7 Å². The number of pyridine rings is 1. The number of piperidine rings is 1. The van der Waals surface area contributed by atoms with Crippen molar-refractivity contribution in [3.63, 3.8) is 0 Å². The van der Waals surface area contributed by atoms with Crippen LogP contribution in [0.2, 0.25) is 0 Å². The van der Waals surface area contributed by atoms with Crippen LogP contribution in [0.5, 0.6) is 0 Å². The third-order valence-electron chi connectivity index (χ3n) is 5.70. The van der Waals surface area contributed by atoms with E-state index in [1.807, 2.05) is 0 Å². The molecule has 0 aliphatic carbocycles. The van der Waals surface area contributed by atoms with Gasteiger partial charge in [-0.2, -0.15) is 0 Å². The van der Waals surface area contributed by atoms with E-state index in [0.29, 0.717) is 36.5 Å². The molecule has 28 heavy (non-hydrogen) atoms. The Balaban J connectivity index is 1.52. The maximum Gasteiger partial charge on any atom is 0.407 e. The predicted octanol–water partition coefficient (Wildman–Crippen LogP) is 2.13. The quantitative estimate of drug-likeness (QED) is 0.724. The second-order valence-corrected chi connectivity index (χ2v) is 8.43. The maximum absolute atomic E-state index is 12.8. The Hall–Kier alpha value is -2.39.